The van der Waals surface area contributed by atoms with E-state index in [0.29, 0.717) is 0 Å². The van der Waals surface area contributed by atoms with E-state index in [9.17, 15) is 0 Å². The van der Waals surface area contributed by atoms with Crippen molar-refractivity contribution < 1.29 is 0 Å². The first kappa shape index (κ1) is 8.34. The van der Waals surface area contributed by atoms with Gasteiger partial charge in [0, 0.05) is 12.2 Å². The van der Waals surface area contributed by atoms with Crippen molar-refractivity contribution in [2.45, 2.75) is 32.1 Å². The summed E-state index contributed by atoms with van der Waals surface area (Å²) >= 11 is 0. The minimum absolute atomic E-state index is 0.997. The second kappa shape index (κ2) is 3.30. The maximum Gasteiger partial charge on any atom is 0.0375 e. The van der Waals surface area contributed by atoms with Crippen LogP contribution in [0, 0.1) is 5.92 Å². The van der Waals surface area contributed by atoms with Gasteiger partial charge in [0.2, 0.25) is 0 Å². The van der Waals surface area contributed by atoms with Crippen LogP contribution in [0.2, 0.25) is 0 Å². The van der Waals surface area contributed by atoms with Crippen LogP contribution < -0.4 is 5.32 Å². The quantitative estimate of drug-likeness (QED) is 0.750. The zero-order valence-electron chi connectivity index (χ0n) is 8.55. The summed E-state index contributed by atoms with van der Waals surface area (Å²) in [5.74, 6) is 0.997. The molecule has 0 saturated heterocycles. The molecule has 1 heterocycles. The average Bonchev–Trinajstić information content (AvgIpc) is 3.02. The molecule has 1 aromatic rings. The fraction of sp³-hybridized carbons (Fsp3) is 0.538. The summed E-state index contributed by atoms with van der Waals surface area (Å²) in [6, 6.07) is 7.01. The molecule has 74 valence electrons. The third-order valence-corrected chi connectivity index (χ3v) is 3.33. The molecule has 3 rings (SSSR count). The normalized spacial score (nSPS) is 20.0. The molecule has 0 radical (unpaired) electrons. The Hall–Kier alpha value is -0.980. The van der Waals surface area contributed by atoms with E-state index in [1.54, 1.807) is 0 Å². The predicted octanol–water partition coefficient (Wildman–Crippen LogP) is 3.00. The van der Waals surface area contributed by atoms with Crippen molar-refractivity contribution in [3.63, 3.8) is 0 Å². The molecule has 1 aromatic carbocycles. The van der Waals surface area contributed by atoms with E-state index < -0.39 is 0 Å². The largest absolute Gasteiger partial charge is 0.385 e. The summed E-state index contributed by atoms with van der Waals surface area (Å²) in [4.78, 5) is 0. The van der Waals surface area contributed by atoms with Gasteiger partial charge in [-0.25, -0.2) is 0 Å². The Morgan fingerprint density at radius 1 is 1.29 bits per heavy atom. The number of fused-ring (bicyclic) bond motifs is 1. The highest BCUT2D eigenvalue weighted by Crippen LogP contribution is 2.34. The second-order valence-corrected chi connectivity index (χ2v) is 4.67. The van der Waals surface area contributed by atoms with Gasteiger partial charge in [0.05, 0.1) is 0 Å². The van der Waals surface area contributed by atoms with Crippen LogP contribution in [0.3, 0.4) is 0 Å². The predicted molar refractivity (Wildman–Crippen MR) is 59.7 cm³/mol. The van der Waals surface area contributed by atoms with Crippen molar-refractivity contribution in [1.82, 2.24) is 0 Å². The van der Waals surface area contributed by atoms with Crippen LogP contribution >= 0.6 is 0 Å². The van der Waals surface area contributed by atoms with Gasteiger partial charge in [-0.2, -0.15) is 0 Å². The lowest BCUT2D eigenvalue weighted by atomic mass is 9.99. The summed E-state index contributed by atoms with van der Waals surface area (Å²) in [5, 5.41) is 3.50. The van der Waals surface area contributed by atoms with Gasteiger partial charge in [0.15, 0.2) is 0 Å². The number of hydrogen-bond donors (Lipinski definition) is 1. The number of benzene rings is 1. The zero-order valence-corrected chi connectivity index (χ0v) is 8.55. The Balaban J connectivity index is 1.84. The minimum Gasteiger partial charge on any atom is -0.385 e. The van der Waals surface area contributed by atoms with Gasteiger partial charge in [-0.3, -0.25) is 0 Å². The molecule has 0 unspecified atom stereocenters. The highest BCUT2D eigenvalue weighted by atomic mass is 14.9. The average molecular weight is 187 g/mol. The van der Waals surface area contributed by atoms with Gasteiger partial charge < -0.3 is 5.32 Å². The van der Waals surface area contributed by atoms with Crippen molar-refractivity contribution in [1.29, 1.82) is 0 Å². The van der Waals surface area contributed by atoms with Crippen LogP contribution in [0.15, 0.2) is 18.2 Å². The van der Waals surface area contributed by atoms with Gasteiger partial charge >= 0.3 is 0 Å². The van der Waals surface area contributed by atoms with E-state index in [1.165, 1.54) is 48.9 Å². The summed E-state index contributed by atoms with van der Waals surface area (Å²) in [7, 11) is 0. The van der Waals surface area contributed by atoms with E-state index >= 15 is 0 Å². The van der Waals surface area contributed by atoms with Crippen molar-refractivity contribution >= 4 is 5.69 Å². The van der Waals surface area contributed by atoms with Gasteiger partial charge in [-0.1, -0.05) is 12.1 Å². The van der Waals surface area contributed by atoms with Gasteiger partial charge in [0.25, 0.3) is 0 Å². The van der Waals surface area contributed by atoms with Crippen LogP contribution in [0.5, 0.6) is 0 Å². The summed E-state index contributed by atoms with van der Waals surface area (Å²) in [6.45, 7) is 1.15. The van der Waals surface area contributed by atoms with E-state index in [2.05, 4.69) is 23.5 Å². The molecule has 1 aliphatic heterocycles. The lowest BCUT2D eigenvalue weighted by molar-refractivity contribution is 0.813. The lowest BCUT2D eigenvalue weighted by Crippen LogP contribution is -2.11. The van der Waals surface area contributed by atoms with E-state index in [4.69, 9.17) is 0 Å². The molecule has 0 atom stereocenters. The first-order valence-electron chi connectivity index (χ1n) is 5.77. The molecule has 1 nitrogen and oxygen atoms in total. The molecule has 0 spiro atoms. The molecule has 1 aliphatic carbocycles. The van der Waals surface area contributed by atoms with Crippen LogP contribution in [0.1, 0.15) is 30.4 Å². The first-order valence-corrected chi connectivity index (χ1v) is 5.77. The van der Waals surface area contributed by atoms with Gasteiger partial charge in [-0.05, 0) is 55.2 Å². The van der Waals surface area contributed by atoms with Crippen molar-refractivity contribution in [3.05, 3.63) is 29.3 Å². The second-order valence-electron chi connectivity index (χ2n) is 4.67. The topological polar surface area (TPSA) is 12.0 Å². The Morgan fingerprint density at radius 3 is 3.07 bits per heavy atom. The maximum atomic E-state index is 3.50. The molecule has 2 aliphatic rings. The maximum absolute atomic E-state index is 3.50. The monoisotopic (exact) mass is 187 g/mol. The van der Waals surface area contributed by atoms with Gasteiger partial charge in [-0.15, -0.1) is 0 Å². The minimum atomic E-state index is 0.997. The molecule has 0 amide bonds. The standard InChI is InChI=1S/C13H17N/c1-2-12-6-5-11(8-10-3-4-10)9-13(12)14-7-1/h5-6,9-10,14H,1-4,7-8H2. The summed E-state index contributed by atoms with van der Waals surface area (Å²) < 4.78 is 0. The fourth-order valence-corrected chi connectivity index (χ4v) is 2.29. The molecular formula is C13H17N. The van der Waals surface area contributed by atoms with Crippen molar-refractivity contribution in [3.8, 4) is 0 Å². The van der Waals surface area contributed by atoms with Crippen molar-refractivity contribution in [2.75, 3.05) is 11.9 Å². The Kier molecular flexibility index (Phi) is 1.97. The zero-order chi connectivity index (χ0) is 9.38. The van der Waals surface area contributed by atoms with E-state index in [1.807, 2.05) is 0 Å². The SMILES string of the molecule is c1cc2c(cc1CC1CC1)NCCC2. The number of rotatable bonds is 2. The van der Waals surface area contributed by atoms with Crippen LogP contribution in [-0.4, -0.2) is 6.54 Å². The van der Waals surface area contributed by atoms with Crippen LogP contribution in [0.25, 0.3) is 0 Å². The molecule has 1 N–H and O–H groups in total. The van der Waals surface area contributed by atoms with Gasteiger partial charge in [0.1, 0.15) is 0 Å². The highest BCUT2D eigenvalue weighted by molar-refractivity contribution is 5.55. The van der Waals surface area contributed by atoms with Crippen molar-refractivity contribution in [2.24, 2.45) is 5.92 Å². The third-order valence-electron chi connectivity index (χ3n) is 3.33. The van der Waals surface area contributed by atoms with Crippen LogP contribution in [0.4, 0.5) is 5.69 Å². The first-order chi connectivity index (χ1) is 6.92. The number of anilines is 1. The smallest absolute Gasteiger partial charge is 0.0375 e. The molecule has 14 heavy (non-hydrogen) atoms. The number of hydrogen-bond acceptors (Lipinski definition) is 1. The molecule has 0 aromatic heterocycles. The fourth-order valence-electron chi connectivity index (χ4n) is 2.29. The summed E-state index contributed by atoms with van der Waals surface area (Å²) in [6.07, 6.45) is 6.74. The Bertz CT molecular complexity index is 339. The molecular weight excluding hydrogens is 170 g/mol. The molecule has 0 bridgehead atoms. The molecule has 1 heteroatoms. The summed E-state index contributed by atoms with van der Waals surface area (Å²) in [5.41, 5.74) is 4.44. The van der Waals surface area contributed by atoms with E-state index in [0.717, 1.165) is 12.5 Å². The Labute approximate surface area is 85.5 Å². The van der Waals surface area contributed by atoms with E-state index in [-0.39, 0.29) is 0 Å². The Morgan fingerprint density at radius 2 is 2.21 bits per heavy atom. The highest BCUT2D eigenvalue weighted by Gasteiger charge is 2.21. The van der Waals surface area contributed by atoms with Crippen LogP contribution in [-0.2, 0) is 12.8 Å². The number of aryl methyl sites for hydroxylation is 1. The molecule has 1 fully saturated rings. The molecule has 1 saturated carbocycles. The third kappa shape index (κ3) is 1.63. The number of nitrogens with one attached hydrogen (secondary N) is 1. The lowest BCUT2D eigenvalue weighted by Gasteiger charge is -2.18.